The van der Waals surface area contributed by atoms with Gasteiger partial charge in [0.2, 0.25) is 0 Å². The highest BCUT2D eigenvalue weighted by molar-refractivity contribution is 7.91. The van der Waals surface area contributed by atoms with Crippen molar-refractivity contribution in [3.8, 4) is 0 Å². The molecular formula is C49H54ClN11O6S2. The van der Waals surface area contributed by atoms with Gasteiger partial charge in [-0.25, -0.2) is 41.8 Å². The molecule has 4 N–H and O–H groups in total. The zero-order valence-corrected chi connectivity index (χ0v) is 42.1. The molecule has 20 heteroatoms. The number of aryl methyl sites for hydroxylation is 4. The molecule has 2 amide bonds. The third-order valence-electron chi connectivity index (χ3n) is 11.9. The third-order valence-corrected chi connectivity index (χ3v) is 14.4. The molecule has 0 spiro atoms. The van der Waals surface area contributed by atoms with Gasteiger partial charge in [0, 0.05) is 56.2 Å². The molecule has 0 saturated heterocycles. The number of hydrogen-bond donors (Lipinski definition) is 3. The number of halogens is 1. The average Bonchev–Trinajstić information content (AvgIpc) is 4.18. The fourth-order valence-electron chi connectivity index (χ4n) is 8.53. The molecule has 0 atom stereocenters. The number of carbonyl (C=O) groups is 2. The minimum absolute atomic E-state index is 0.138. The van der Waals surface area contributed by atoms with E-state index in [9.17, 15) is 26.4 Å². The van der Waals surface area contributed by atoms with Gasteiger partial charge in [-0.3, -0.25) is 14.6 Å². The lowest BCUT2D eigenvalue weighted by Gasteiger charge is -2.16. The number of anilines is 5. The second-order valence-electron chi connectivity index (χ2n) is 18.2. The minimum atomic E-state index is -3.48. The zero-order valence-electron chi connectivity index (χ0n) is 39.7. The predicted octanol–water partition coefficient (Wildman–Crippen LogP) is 7.71. The number of rotatable bonds is 10. The van der Waals surface area contributed by atoms with Crippen molar-refractivity contribution in [1.82, 2.24) is 39.7 Å². The molecule has 4 aromatic heterocycles. The topological polar surface area (TPSA) is 236 Å². The first-order valence-corrected chi connectivity index (χ1v) is 26.5. The standard InChI is InChI=1S/C25H27N5O3S.C18H18ClN3O3S.C6H9N3/c1-14-9-18(27-15(2)26-14)11-19-12-21(24-22(28-19)13-30(3)25(24)31)29-20-8-7-17(16-5-6-16)10-23(20)34(4,32)33;1-22-9-14-17(18(22)23)13(8-16(19)21-14)20-12-6-5-11(10-3-4-10)7-15(12)26(2,24)25;1-4-3-6(7)9-5(2)8-4/h7-10,12,16H,5-6,11,13H2,1-4H3,(H,28,29);5-8,10H,3-4,9H2,1-2H3,(H,20,21);3H,1-2H3,(H2,7,8,9). The smallest absolute Gasteiger partial charge is 0.257 e. The van der Waals surface area contributed by atoms with Crippen LogP contribution in [0.15, 0.2) is 70.5 Å². The van der Waals surface area contributed by atoms with Gasteiger partial charge in [0.15, 0.2) is 19.7 Å². The maximum atomic E-state index is 12.9. The van der Waals surface area contributed by atoms with Crippen molar-refractivity contribution in [3.05, 3.63) is 134 Å². The third kappa shape index (κ3) is 11.5. The molecule has 2 saturated carbocycles. The van der Waals surface area contributed by atoms with E-state index in [2.05, 4.69) is 35.6 Å². The number of amides is 2. The number of nitrogen functional groups attached to an aromatic ring is 1. The van der Waals surface area contributed by atoms with Crippen molar-refractivity contribution in [3.63, 3.8) is 0 Å². The first kappa shape index (κ1) is 48.9. The van der Waals surface area contributed by atoms with Gasteiger partial charge < -0.3 is 26.2 Å². The molecule has 6 aromatic rings. The van der Waals surface area contributed by atoms with Crippen LogP contribution in [0.3, 0.4) is 0 Å². The number of benzene rings is 2. The van der Waals surface area contributed by atoms with E-state index in [0.29, 0.717) is 88.3 Å². The van der Waals surface area contributed by atoms with E-state index < -0.39 is 19.7 Å². The summed E-state index contributed by atoms with van der Waals surface area (Å²) in [4.78, 5) is 54.7. The highest BCUT2D eigenvalue weighted by Gasteiger charge is 2.33. The van der Waals surface area contributed by atoms with E-state index in [-0.39, 0.29) is 26.8 Å². The molecule has 2 fully saturated rings. The number of hydrogen-bond acceptors (Lipinski definition) is 15. The summed E-state index contributed by atoms with van der Waals surface area (Å²) < 4.78 is 49.8. The Labute approximate surface area is 407 Å². The second-order valence-corrected chi connectivity index (χ2v) is 22.5. The Hall–Kier alpha value is -6.57. The fourth-order valence-corrected chi connectivity index (χ4v) is 10.5. The lowest BCUT2D eigenvalue weighted by atomic mass is 10.1. The van der Waals surface area contributed by atoms with Gasteiger partial charge in [-0.1, -0.05) is 23.7 Å². The predicted molar refractivity (Wildman–Crippen MR) is 265 cm³/mol. The minimum Gasteiger partial charge on any atom is -0.384 e. The van der Waals surface area contributed by atoms with Crippen LogP contribution in [0, 0.1) is 27.7 Å². The number of pyridine rings is 2. The summed E-state index contributed by atoms with van der Waals surface area (Å²) in [5, 5.41) is 6.63. The quantitative estimate of drug-likeness (QED) is 0.111. The molecule has 2 aliphatic carbocycles. The molecule has 360 valence electrons. The molecule has 6 heterocycles. The molecule has 0 radical (unpaired) electrons. The van der Waals surface area contributed by atoms with E-state index in [1.54, 1.807) is 60.3 Å². The Bertz CT molecular complexity index is 3220. The molecule has 69 heavy (non-hydrogen) atoms. The lowest BCUT2D eigenvalue weighted by molar-refractivity contribution is 0.0809. The van der Waals surface area contributed by atoms with Crippen LogP contribution < -0.4 is 16.4 Å². The van der Waals surface area contributed by atoms with Gasteiger partial charge in [-0.05, 0) is 119 Å². The van der Waals surface area contributed by atoms with Crippen LogP contribution in [0.2, 0.25) is 5.15 Å². The number of nitrogens with zero attached hydrogens (tertiary/aromatic N) is 8. The van der Waals surface area contributed by atoms with Crippen LogP contribution in [-0.4, -0.2) is 95.0 Å². The van der Waals surface area contributed by atoms with E-state index in [1.165, 1.54) is 12.5 Å². The number of carbonyl (C=O) groups excluding carboxylic acids is 2. The highest BCUT2D eigenvalue weighted by Crippen LogP contribution is 2.44. The summed E-state index contributed by atoms with van der Waals surface area (Å²) >= 11 is 6.10. The van der Waals surface area contributed by atoms with Crippen molar-refractivity contribution >= 4 is 71.7 Å². The lowest BCUT2D eigenvalue weighted by Crippen LogP contribution is -2.18. The van der Waals surface area contributed by atoms with Crippen molar-refractivity contribution in [2.24, 2.45) is 0 Å². The zero-order chi connectivity index (χ0) is 49.7. The van der Waals surface area contributed by atoms with Crippen molar-refractivity contribution in [2.75, 3.05) is 43.0 Å². The second kappa shape index (κ2) is 19.1. The molecular weight excluding hydrogens is 938 g/mol. The monoisotopic (exact) mass is 991 g/mol. The van der Waals surface area contributed by atoms with E-state index in [0.717, 1.165) is 65.4 Å². The van der Waals surface area contributed by atoms with Crippen molar-refractivity contribution < 1.29 is 26.4 Å². The van der Waals surface area contributed by atoms with Gasteiger partial charge in [-0.15, -0.1) is 0 Å². The summed E-state index contributed by atoms with van der Waals surface area (Å²) in [7, 11) is -3.49. The normalized spacial score (nSPS) is 15.2. The maximum absolute atomic E-state index is 12.9. The SMILES string of the molecule is CN1Cc2nc(Cl)cc(Nc3ccc(C4CC4)cc3S(C)(=O)=O)c2C1=O.Cc1cc(Cc2cc(Nc3ccc(C4CC4)cc3S(C)(=O)=O)c3c(n2)CN(C)C3=O)nc(C)n1.Cc1cc(N)nc(C)n1. The van der Waals surface area contributed by atoms with Crippen LogP contribution in [-0.2, 0) is 39.2 Å². The van der Waals surface area contributed by atoms with E-state index >= 15 is 0 Å². The Balaban J connectivity index is 0.000000161. The van der Waals surface area contributed by atoms with Gasteiger partial charge in [-0.2, -0.15) is 0 Å². The summed E-state index contributed by atoms with van der Waals surface area (Å²) in [6.45, 7) is 8.27. The molecule has 4 aliphatic rings. The van der Waals surface area contributed by atoms with Crippen LogP contribution in [0.25, 0.3) is 0 Å². The molecule has 0 bridgehead atoms. The summed E-state index contributed by atoms with van der Waals surface area (Å²) in [6.07, 6.45) is 7.22. The summed E-state index contributed by atoms with van der Waals surface area (Å²) in [5.74, 6) is 2.54. The van der Waals surface area contributed by atoms with Gasteiger partial charge >= 0.3 is 0 Å². The van der Waals surface area contributed by atoms with Crippen LogP contribution in [0.4, 0.5) is 28.6 Å². The Kier molecular flexibility index (Phi) is 13.5. The van der Waals surface area contributed by atoms with Crippen LogP contribution >= 0.6 is 11.6 Å². The molecule has 2 aromatic carbocycles. The van der Waals surface area contributed by atoms with E-state index in [4.69, 9.17) is 22.3 Å². The molecule has 17 nitrogen and oxygen atoms in total. The van der Waals surface area contributed by atoms with E-state index in [1.807, 2.05) is 52.0 Å². The van der Waals surface area contributed by atoms with Gasteiger partial charge in [0.25, 0.3) is 11.8 Å². The maximum Gasteiger partial charge on any atom is 0.257 e. The van der Waals surface area contributed by atoms with Crippen LogP contribution in [0.1, 0.15) is 115 Å². The van der Waals surface area contributed by atoms with Gasteiger partial charge in [0.05, 0.1) is 73.8 Å². The summed E-state index contributed by atoms with van der Waals surface area (Å²) in [6, 6.07) is 18.0. The van der Waals surface area contributed by atoms with Crippen molar-refractivity contribution in [1.29, 1.82) is 0 Å². The molecule has 2 aliphatic heterocycles. The number of sulfone groups is 2. The number of aromatic nitrogens is 6. The Morgan fingerprint density at radius 3 is 1.49 bits per heavy atom. The van der Waals surface area contributed by atoms with Crippen molar-refractivity contribution in [2.45, 2.75) is 94.5 Å². The largest absolute Gasteiger partial charge is 0.384 e. The van der Waals surface area contributed by atoms with Gasteiger partial charge in [0.1, 0.15) is 22.6 Å². The number of nitrogens with one attached hydrogen (secondary N) is 2. The molecule has 10 rings (SSSR count). The first-order chi connectivity index (χ1) is 32.5. The molecule has 0 unspecified atom stereocenters. The Morgan fingerprint density at radius 1 is 0.594 bits per heavy atom. The number of fused-ring (bicyclic) bond motifs is 2. The fraction of sp³-hybridized carbons (Fsp3) is 0.347. The Morgan fingerprint density at radius 2 is 1.04 bits per heavy atom. The summed E-state index contributed by atoms with van der Waals surface area (Å²) in [5.41, 5.74) is 15.0. The highest BCUT2D eigenvalue weighted by atomic mass is 35.5. The number of nitrogens with two attached hydrogens (primary N) is 1. The van der Waals surface area contributed by atoms with Crippen LogP contribution in [0.5, 0.6) is 0 Å². The first-order valence-electron chi connectivity index (χ1n) is 22.3. The average molecular weight is 993 g/mol.